The molecule has 0 atom stereocenters. The zero-order valence-electron chi connectivity index (χ0n) is 18.3. The molecule has 3 N–H and O–H groups in total. The predicted molar refractivity (Wildman–Crippen MR) is 123 cm³/mol. The molecule has 5 heterocycles. The van der Waals surface area contributed by atoms with Gasteiger partial charge in [0.05, 0.1) is 28.8 Å². The van der Waals surface area contributed by atoms with E-state index in [0.29, 0.717) is 41.9 Å². The van der Waals surface area contributed by atoms with Crippen molar-refractivity contribution in [3.05, 3.63) is 88.9 Å². The molecule has 5 aromatic heterocycles. The minimum atomic E-state index is -0.266. The van der Waals surface area contributed by atoms with E-state index in [1.54, 1.807) is 49.6 Å². The van der Waals surface area contributed by atoms with Gasteiger partial charge in [-0.15, -0.1) is 0 Å². The third-order valence-electron chi connectivity index (χ3n) is 5.62. The molecule has 34 heavy (non-hydrogen) atoms. The van der Waals surface area contributed by atoms with Gasteiger partial charge in [0.15, 0.2) is 0 Å². The Labute approximate surface area is 193 Å². The van der Waals surface area contributed by atoms with Crippen molar-refractivity contribution in [3.8, 4) is 22.5 Å². The smallest absolute Gasteiger partial charge is 0.273 e. The van der Waals surface area contributed by atoms with E-state index < -0.39 is 0 Å². The zero-order valence-corrected chi connectivity index (χ0v) is 18.3. The summed E-state index contributed by atoms with van der Waals surface area (Å²) in [7, 11) is 0. The lowest BCUT2D eigenvalue weighted by molar-refractivity contribution is 0.0903. The van der Waals surface area contributed by atoms with Crippen LogP contribution in [0, 0.1) is 6.92 Å². The SMILES string of the molecule is Cc1[nH]c(Cc2nccnc2-c2c[nH][nH]c2=O)c(-c2cnccn2)c1CCC(=O)n1ccnc1. The summed E-state index contributed by atoms with van der Waals surface area (Å²) in [5.41, 5.74) is 5.63. The van der Waals surface area contributed by atoms with E-state index in [2.05, 4.69) is 40.1 Å². The van der Waals surface area contributed by atoms with Gasteiger partial charge < -0.3 is 10.1 Å². The van der Waals surface area contributed by atoms with Gasteiger partial charge >= 0.3 is 0 Å². The molecular weight excluding hydrogens is 434 g/mol. The summed E-state index contributed by atoms with van der Waals surface area (Å²) in [6.45, 7) is 1.97. The molecule has 0 bridgehead atoms. The maximum atomic E-state index is 12.6. The largest absolute Gasteiger partial charge is 0.361 e. The molecule has 0 aliphatic rings. The number of aromatic nitrogens is 9. The van der Waals surface area contributed by atoms with Crippen molar-refractivity contribution in [1.29, 1.82) is 0 Å². The minimum Gasteiger partial charge on any atom is -0.361 e. The monoisotopic (exact) mass is 455 g/mol. The maximum absolute atomic E-state index is 12.6. The number of aryl methyl sites for hydroxylation is 1. The Kier molecular flexibility index (Phi) is 5.65. The summed E-state index contributed by atoms with van der Waals surface area (Å²) in [5.74, 6) is -0.0485. The Bertz CT molecular complexity index is 1480. The molecule has 5 rings (SSSR count). The van der Waals surface area contributed by atoms with Gasteiger partial charge in [-0.3, -0.25) is 39.2 Å². The Hall–Kier alpha value is -4.67. The molecule has 0 amide bonds. The highest BCUT2D eigenvalue weighted by Crippen LogP contribution is 2.32. The second-order valence-electron chi connectivity index (χ2n) is 7.72. The fourth-order valence-corrected chi connectivity index (χ4v) is 4.06. The molecule has 0 aromatic carbocycles. The van der Waals surface area contributed by atoms with Crippen molar-refractivity contribution in [1.82, 2.24) is 44.7 Å². The molecule has 0 fully saturated rings. The van der Waals surface area contributed by atoms with Crippen molar-refractivity contribution in [3.63, 3.8) is 0 Å². The summed E-state index contributed by atoms with van der Waals surface area (Å²) in [6, 6.07) is 0. The molecule has 5 aromatic rings. The molecule has 0 saturated heterocycles. The highest BCUT2D eigenvalue weighted by molar-refractivity contribution is 5.79. The van der Waals surface area contributed by atoms with Crippen LogP contribution in [0.3, 0.4) is 0 Å². The van der Waals surface area contributed by atoms with Crippen LogP contribution >= 0.6 is 0 Å². The fraction of sp³-hybridized carbons (Fsp3) is 0.174. The van der Waals surface area contributed by atoms with Crippen LogP contribution in [-0.4, -0.2) is 50.6 Å². The van der Waals surface area contributed by atoms with Gasteiger partial charge in [-0.25, -0.2) is 4.98 Å². The zero-order chi connectivity index (χ0) is 23.5. The first-order valence-electron chi connectivity index (χ1n) is 10.7. The Morgan fingerprint density at radius 1 is 1.06 bits per heavy atom. The van der Waals surface area contributed by atoms with Gasteiger partial charge in [-0.1, -0.05) is 0 Å². The quantitative estimate of drug-likeness (QED) is 0.341. The van der Waals surface area contributed by atoms with E-state index in [1.807, 2.05) is 6.92 Å². The molecule has 0 radical (unpaired) electrons. The Morgan fingerprint density at radius 2 is 1.91 bits per heavy atom. The highest BCUT2D eigenvalue weighted by Gasteiger charge is 2.22. The molecular formula is C23H21N9O2. The first-order valence-corrected chi connectivity index (χ1v) is 10.7. The van der Waals surface area contributed by atoms with E-state index in [0.717, 1.165) is 22.5 Å². The third kappa shape index (κ3) is 4.06. The maximum Gasteiger partial charge on any atom is 0.273 e. The van der Waals surface area contributed by atoms with Crippen molar-refractivity contribution < 1.29 is 4.79 Å². The van der Waals surface area contributed by atoms with Gasteiger partial charge in [0.2, 0.25) is 5.91 Å². The van der Waals surface area contributed by atoms with Crippen LogP contribution in [0.1, 0.15) is 33.9 Å². The molecule has 0 spiro atoms. The third-order valence-corrected chi connectivity index (χ3v) is 5.62. The number of imidazole rings is 1. The first-order chi connectivity index (χ1) is 16.6. The van der Waals surface area contributed by atoms with Crippen LogP contribution < -0.4 is 5.56 Å². The van der Waals surface area contributed by atoms with Crippen LogP contribution in [0.4, 0.5) is 0 Å². The average Bonchev–Trinajstić information content (AvgIpc) is 3.60. The molecule has 0 aliphatic heterocycles. The summed E-state index contributed by atoms with van der Waals surface area (Å²) in [4.78, 5) is 49.8. The molecule has 170 valence electrons. The standard InChI is InChI=1S/C23H21N9O2/c1-14-15(2-3-20(33)32-9-8-25-13-32)21(19-12-24-4-5-27-19)17(30-14)10-18-22(28-7-6-26-18)16-11-29-31-23(16)34/h4-9,11-13,30H,2-3,10H2,1H3,(H2,29,31,34). The number of nitrogens with zero attached hydrogens (tertiary/aromatic N) is 6. The van der Waals surface area contributed by atoms with Crippen molar-refractivity contribution >= 4 is 5.91 Å². The van der Waals surface area contributed by atoms with E-state index >= 15 is 0 Å². The highest BCUT2D eigenvalue weighted by atomic mass is 16.2. The van der Waals surface area contributed by atoms with Gasteiger partial charge in [0.25, 0.3) is 5.56 Å². The Balaban J connectivity index is 1.54. The summed E-state index contributed by atoms with van der Waals surface area (Å²) < 4.78 is 1.48. The number of aromatic amines is 3. The van der Waals surface area contributed by atoms with Crippen molar-refractivity contribution in [2.45, 2.75) is 26.2 Å². The average molecular weight is 455 g/mol. The van der Waals surface area contributed by atoms with Gasteiger partial charge in [0.1, 0.15) is 6.33 Å². The second kappa shape index (κ2) is 9.06. The molecule has 11 heteroatoms. The van der Waals surface area contributed by atoms with Crippen LogP contribution in [0.2, 0.25) is 0 Å². The summed E-state index contributed by atoms with van der Waals surface area (Å²) >= 11 is 0. The van der Waals surface area contributed by atoms with Gasteiger partial charge in [0, 0.05) is 73.2 Å². The second-order valence-corrected chi connectivity index (χ2v) is 7.72. The number of nitrogens with one attached hydrogen (secondary N) is 3. The topological polar surface area (TPSA) is 151 Å². The normalized spacial score (nSPS) is 11.1. The lowest BCUT2D eigenvalue weighted by atomic mass is 9.98. The first kappa shape index (κ1) is 21.2. The van der Waals surface area contributed by atoms with Crippen molar-refractivity contribution in [2.24, 2.45) is 0 Å². The number of carbonyl (C=O) groups is 1. The Morgan fingerprint density at radius 3 is 2.65 bits per heavy atom. The summed E-state index contributed by atoms with van der Waals surface area (Å²) in [6.07, 6.45) is 15.6. The van der Waals surface area contributed by atoms with E-state index in [4.69, 9.17) is 0 Å². The number of rotatable bonds is 7. The number of H-pyrrole nitrogens is 3. The van der Waals surface area contributed by atoms with Crippen LogP contribution in [-0.2, 0) is 12.8 Å². The van der Waals surface area contributed by atoms with E-state index in [1.165, 1.54) is 10.9 Å². The van der Waals surface area contributed by atoms with Crippen molar-refractivity contribution in [2.75, 3.05) is 0 Å². The molecule has 11 nitrogen and oxygen atoms in total. The van der Waals surface area contributed by atoms with Crippen LogP contribution in [0.5, 0.6) is 0 Å². The number of hydrogen-bond acceptors (Lipinski definition) is 7. The van der Waals surface area contributed by atoms with E-state index in [-0.39, 0.29) is 11.5 Å². The number of carbonyl (C=O) groups excluding carboxylic acids is 1. The lowest BCUT2D eigenvalue weighted by Gasteiger charge is -2.09. The van der Waals surface area contributed by atoms with Gasteiger partial charge in [-0.05, 0) is 18.9 Å². The van der Waals surface area contributed by atoms with Gasteiger partial charge in [-0.2, -0.15) is 0 Å². The van der Waals surface area contributed by atoms with E-state index in [9.17, 15) is 9.59 Å². The summed E-state index contributed by atoms with van der Waals surface area (Å²) in [5, 5.41) is 5.24. The minimum absolute atomic E-state index is 0.0485. The predicted octanol–water partition coefficient (Wildman–Crippen LogP) is 2.31. The number of hydrogen-bond donors (Lipinski definition) is 3. The van der Waals surface area contributed by atoms with Crippen LogP contribution in [0.25, 0.3) is 22.5 Å². The lowest BCUT2D eigenvalue weighted by Crippen LogP contribution is -2.09. The molecule has 0 aliphatic carbocycles. The van der Waals surface area contributed by atoms with Crippen LogP contribution in [0.15, 0.2) is 60.7 Å². The molecule has 0 saturated carbocycles. The fourth-order valence-electron chi connectivity index (χ4n) is 4.06. The molecule has 0 unspecified atom stereocenters.